The Labute approximate surface area is 264 Å². The molecule has 9 rings (SSSR count). The Kier molecular flexibility index (Phi) is 5.79. The molecule has 46 heavy (non-hydrogen) atoms. The van der Waals surface area contributed by atoms with E-state index in [0.29, 0.717) is 34.2 Å². The second kappa shape index (κ2) is 10.1. The summed E-state index contributed by atoms with van der Waals surface area (Å²) >= 11 is 0. The molecule has 1 aliphatic heterocycles. The highest BCUT2D eigenvalue weighted by Crippen LogP contribution is 2.49. The highest BCUT2D eigenvalue weighted by atomic mass is 32.2. The van der Waals surface area contributed by atoms with Crippen molar-refractivity contribution in [3.63, 3.8) is 0 Å². The standard InChI is InChI=1S/C39H23N3O3S/c43-46(44)34-21-19-26(27-18-20-29-28-14-7-8-16-32(28)45-33(29)23-27)22-31(34)36-30(15-9-17-35(36)46)39-41-37(24-10-3-1-4-11-24)40-38(42-39)25-12-5-2-6-13-25/h1-23H. The van der Waals surface area contributed by atoms with Crippen molar-refractivity contribution >= 4 is 31.8 Å². The van der Waals surface area contributed by atoms with Gasteiger partial charge in [-0.3, -0.25) is 0 Å². The number of hydrogen-bond donors (Lipinski definition) is 0. The summed E-state index contributed by atoms with van der Waals surface area (Å²) in [7, 11) is -3.76. The molecule has 0 saturated heterocycles. The summed E-state index contributed by atoms with van der Waals surface area (Å²) in [5.41, 5.74) is 6.93. The normalized spacial score (nSPS) is 13.1. The van der Waals surface area contributed by atoms with E-state index >= 15 is 0 Å². The van der Waals surface area contributed by atoms with Gasteiger partial charge in [-0.25, -0.2) is 23.4 Å². The van der Waals surface area contributed by atoms with Gasteiger partial charge in [0.2, 0.25) is 9.84 Å². The summed E-state index contributed by atoms with van der Waals surface area (Å²) in [6.45, 7) is 0. The maximum atomic E-state index is 13.9. The summed E-state index contributed by atoms with van der Waals surface area (Å²) in [4.78, 5) is 15.1. The van der Waals surface area contributed by atoms with Crippen LogP contribution in [0.4, 0.5) is 0 Å². The van der Waals surface area contributed by atoms with Gasteiger partial charge in [-0.05, 0) is 47.5 Å². The molecular weight excluding hydrogens is 591 g/mol. The van der Waals surface area contributed by atoms with Crippen LogP contribution in [0, 0.1) is 0 Å². The van der Waals surface area contributed by atoms with Gasteiger partial charge in [-0.2, -0.15) is 0 Å². The molecule has 0 radical (unpaired) electrons. The summed E-state index contributed by atoms with van der Waals surface area (Å²) in [5.74, 6) is 1.42. The predicted molar refractivity (Wildman–Crippen MR) is 180 cm³/mol. The van der Waals surface area contributed by atoms with E-state index in [1.807, 2.05) is 115 Å². The minimum atomic E-state index is -3.76. The average Bonchev–Trinajstić information content (AvgIpc) is 3.60. The summed E-state index contributed by atoms with van der Waals surface area (Å²) in [5, 5.41) is 2.10. The van der Waals surface area contributed by atoms with Crippen LogP contribution in [0.3, 0.4) is 0 Å². The van der Waals surface area contributed by atoms with Crippen molar-refractivity contribution < 1.29 is 12.8 Å². The fourth-order valence-corrected chi connectivity index (χ4v) is 7.99. The maximum Gasteiger partial charge on any atom is 0.207 e. The SMILES string of the molecule is O=S1(=O)c2ccc(-c3ccc4c(c3)oc3ccccc34)cc2-c2c(-c3nc(-c4ccccc4)nc(-c4ccccc4)n3)cccc21. The first-order valence-corrected chi connectivity index (χ1v) is 16.3. The Balaban J connectivity index is 1.25. The zero-order chi connectivity index (χ0) is 30.8. The van der Waals surface area contributed by atoms with Crippen LogP contribution in [-0.4, -0.2) is 23.4 Å². The molecule has 0 saturated carbocycles. The van der Waals surface area contributed by atoms with Gasteiger partial charge in [0.05, 0.1) is 9.79 Å². The van der Waals surface area contributed by atoms with Gasteiger partial charge >= 0.3 is 0 Å². The summed E-state index contributed by atoms with van der Waals surface area (Å²) < 4.78 is 33.9. The van der Waals surface area contributed by atoms with Crippen LogP contribution < -0.4 is 0 Å². The number of hydrogen-bond acceptors (Lipinski definition) is 6. The van der Waals surface area contributed by atoms with E-state index in [-0.39, 0.29) is 9.79 Å². The number of rotatable bonds is 4. The number of benzene rings is 6. The Morgan fingerprint density at radius 1 is 0.435 bits per heavy atom. The molecule has 0 N–H and O–H groups in total. The minimum absolute atomic E-state index is 0.243. The van der Waals surface area contributed by atoms with Crippen molar-refractivity contribution in [3.05, 3.63) is 140 Å². The second-order valence-electron chi connectivity index (χ2n) is 11.2. The average molecular weight is 614 g/mol. The van der Waals surface area contributed by atoms with Crippen LogP contribution in [0.1, 0.15) is 0 Å². The molecule has 0 fully saturated rings. The van der Waals surface area contributed by atoms with Crippen molar-refractivity contribution in [2.24, 2.45) is 0 Å². The number of fused-ring (bicyclic) bond motifs is 6. The molecule has 218 valence electrons. The van der Waals surface area contributed by atoms with E-state index in [9.17, 15) is 8.42 Å². The van der Waals surface area contributed by atoms with Crippen molar-refractivity contribution in [3.8, 4) is 56.4 Å². The number of sulfone groups is 1. The molecule has 0 atom stereocenters. The Hall–Kier alpha value is -5.92. The first kappa shape index (κ1) is 26.5. The number of furan rings is 1. The summed E-state index contributed by atoms with van der Waals surface area (Å²) in [6.07, 6.45) is 0. The van der Waals surface area contributed by atoms with Crippen molar-refractivity contribution in [2.75, 3.05) is 0 Å². The van der Waals surface area contributed by atoms with Crippen LogP contribution in [0.2, 0.25) is 0 Å². The molecule has 0 amide bonds. The molecule has 2 aromatic heterocycles. The highest BCUT2D eigenvalue weighted by molar-refractivity contribution is 7.92. The lowest BCUT2D eigenvalue weighted by Gasteiger charge is -2.12. The van der Waals surface area contributed by atoms with Crippen molar-refractivity contribution in [2.45, 2.75) is 9.79 Å². The number of para-hydroxylation sites is 1. The molecule has 1 aliphatic rings. The smallest absolute Gasteiger partial charge is 0.207 e. The number of nitrogens with zero attached hydrogens (tertiary/aromatic N) is 3. The maximum absolute atomic E-state index is 13.9. The second-order valence-corrected chi connectivity index (χ2v) is 13.1. The minimum Gasteiger partial charge on any atom is -0.456 e. The third-order valence-electron chi connectivity index (χ3n) is 8.51. The molecule has 0 aliphatic carbocycles. The van der Waals surface area contributed by atoms with Gasteiger partial charge in [0, 0.05) is 38.6 Å². The lowest BCUT2D eigenvalue weighted by molar-refractivity contribution is 0.598. The van der Waals surface area contributed by atoms with Crippen LogP contribution >= 0.6 is 0 Å². The van der Waals surface area contributed by atoms with Gasteiger partial charge < -0.3 is 4.42 Å². The van der Waals surface area contributed by atoms with E-state index in [4.69, 9.17) is 19.4 Å². The van der Waals surface area contributed by atoms with Gasteiger partial charge in [0.25, 0.3) is 0 Å². The topological polar surface area (TPSA) is 86.0 Å². The number of aromatic nitrogens is 3. The van der Waals surface area contributed by atoms with Crippen LogP contribution in [-0.2, 0) is 9.84 Å². The molecule has 0 spiro atoms. The Bertz CT molecular complexity index is 2540. The van der Waals surface area contributed by atoms with Gasteiger partial charge in [0.15, 0.2) is 17.5 Å². The van der Waals surface area contributed by atoms with Crippen LogP contribution in [0.15, 0.2) is 154 Å². The molecule has 6 nitrogen and oxygen atoms in total. The first-order valence-electron chi connectivity index (χ1n) is 14.9. The lowest BCUT2D eigenvalue weighted by Crippen LogP contribution is -2.01. The van der Waals surface area contributed by atoms with E-state index in [1.54, 1.807) is 18.2 Å². The molecule has 3 heterocycles. The first-order chi connectivity index (χ1) is 22.5. The van der Waals surface area contributed by atoms with Gasteiger partial charge in [-0.15, -0.1) is 0 Å². The lowest BCUT2D eigenvalue weighted by atomic mass is 9.95. The molecular formula is C39H23N3O3S. The van der Waals surface area contributed by atoms with Crippen LogP contribution in [0.25, 0.3) is 78.4 Å². The third kappa shape index (κ3) is 4.09. The molecule has 7 heteroatoms. The zero-order valence-electron chi connectivity index (χ0n) is 24.3. The molecule has 6 aromatic carbocycles. The van der Waals surface area contributed by atoms with E-state index < -0.39 is 9.84 Å². The fraction of sp³-hybridized carbons (Fsp3) is 0. The molecule has 0 bridgehead atoms. The van der Waals surface area contributed by atoms with Crippen molar-refractivity contribution in [1.82, 2.24) is 15.0 Å². The quantitative estimate of drug-likeness (QED) is 0.197. The summed E-state index contributed by atoms with van der Waals surface area (Å²) in [6, 6.07) is 44.3. The zero-order valence-corrected chi connectivity index (χ0v) is 25.1. The molecule has 8 aromatic rings. The van der Waals surface area contributed by atoms with E-state index in [0.717, 1.165) is 44.2 Å². The largest absolute Gasteiger partial charge is 0.456 e. The third-order valence-corrected chi connectivity index (χ3v) is 10.4. The molecule has 0 unspecified atom stereocenters. The predicted octanol–water partition coefficient (Wildman–Crippen LogP) is 9.25. The van der Waals surface area contributed by atoms with Gasteiger partial charge in [-0.1, -0.05) is 103 Å². The Morgan fingerprint density at radius 2 is 1.04 bits per heavy atom. The van der Waals surface area contributed by atoms with Crippen LogP contribution in [0.5, 0.6) is 0 Å². The fourth-order valence-electron chi connectivity index (χ4n) is 6.31. The monoisotopic (exact) mass is 613 g/mol. The van der Waals surface area contributed by atoms with Gasteiger partial charge in [0.1, 0.15) is 11.2 Å². The Morgan fingerprint density at radius 3 is 1.78 bits per heavy atom. The van der Waals surface area contributed by atoms with Crippen molar-refractivity contribution in [1.29, 1.82) is 0 Å². The van der Waals surface area contributed by atoms with E-state index in [2.05, 4.69) is 6.07 Å². The van der Waals surface area contributed by atoms with E-state index in [1.165, 1.54) is 0 Å². The highest BCUT2D eigenvalue weighted by Gasteiger charge is 2.36.